The van der Waals surface area contributed by atoms with Crippen molar-refractivity contribution in [2.45, 2.75) is 26.3 Å². The lowest BCUT2D eigenvalue weighted by Crippen LogP contribution is -2.37. The summed E-state index contributed by atoms with van der Waals surface area (Å²) < 4.78 is 0. The lowest BCUT2D eigenvalue weighted by atomic mass is 10.1. The molecule has 1 heterocycles. The van der Waals surface area contributed by atoms with Gasteiger partial charge in [0, 0.05) is 31.9 Å². The van der Waals surface area contributed by atoms with E-state index in [1.165, 1.54) is 6.20 Å². The Bertz CT molecular complexity index is 459. The summed E-state index contributed by atoms with van der Waals surface area (Å²) in [5.74, 6) is -0.0334. The van der Waals surface area contributed by atoms with Crippen molar-refractivity contribution in [2.75, 3.05) is 7.05 Å². The molecule has 3 N–H and O–H groups in total. The van der Waals surface area contributed by atoms with Gasteiger partial charge in [-0.05, 0) is 25.5 Å². The fraction of sp³-hybridized carbons (Fsp3) is 0.417. The largest absolute Gasteiger partial charge is 0.409 e. The third-order valence-electron chi connectivity index (χ3n) is 2.74. The van der Waals surface area contributed by atoms with Gasteiger partial charge in [-0.15, -0.1) is 0 Å². The van der Waals surface area contributed by atoms with E-state index >= 15 is 0 Å². The molecule has 0 radical (unpaired) electrons. The van der Waals surface area contributed by atoms with Gasteiger partial charge in [-0.2, -0.15) is 0 Å². The van der Waals surface area contributed by atoms with E-state index < -0.39 is 0 Å². The Hall–Kier alpha value is -2.11. The smallest absolute Gasteiger partial charge is 0.255 e. The van der Waals surface area contributed by atoms with Gasteiger partial charge in [-0.3, -0.25) is 9.78 Å². The monoisotopic (exact) mass is 250 g/mol. The standard InChI is InChI=1S/C12H18N4O2/c1-8-4-10(7-14-6-8)12(17)16(3)9(2)5-11(13)15-18/h4,6-7,9,18H,5H2,1-3H3,(H2,13,15). The maximum Gasteiger partial charge on any atom is 0.255 e. The number of oxime groups is 1. The first-order chi connectivity index (χ1) is 8.45. The van der Waals surface area contributed by atoms with Crippen LogP contribution in [0.1, 0.15) is 29.3 Å². The van der Waals surface area contributed by atoms with Crippen molar-refractivity contribution < 1.29 is 10.0 Å². The predicted molar refractivity (Wildman–Crippen MR) is 68.6 cm³/mol. The molecule has 0 aliphatic rings. The van der Waals surface area contributed by atoms with Crippen molar-refractivity contribution in [3.63, 3.8) is 0 Å². The Morgan fingerprint density at radius 1 is 1.61 bits per heavy atom. The second-order valence-electron chi connectivity index (χ2n) is 4.31. The highest BCUT2D eigenvalue weighted by atomic mass is 16.4. The molecule has 1 rings (SSSR count). The number of aromatic nitrogens is 1. The number of rotatable bonds is 4. The predicted octanol–water partition coefficient (Wildman–Crippen LogP) is 0.987. The number of nitrogens with two attached hydrogens (primary N) is 1. The summed E-state index contributed by atoms with van der Waals surface area (Å²) >= 11 is 0. The molecule has 0 fully saturated rings. The molecule has 0 bridgehead atoms. The molecule has 6 heteroatoms. The average Bonchev–Trinajstić information content (AvgIpc) is 2.36. The Kier molecular flexibility index (Phi) is 4.65. The molecule has 1 aromatic rings. The Balaban J connectivity index is 2.78. The van der Waals surface area contributed by atoms with Gasteiger partial charge in [-0.25, -0.2) is 0 Å². The van der Waals surface area contributed by atoms with E-state index in [2.05, 4.69) is 10.1 Å². The SMILES string of the molecule is Cc1cncc(C(=O)N(C)C(C)CC(N)=NO)c1. The molecule has 1 unspecified atom stereocenters. The number of hydrogen-bond acceptors (Lipinski definition) is 4. The van der Waals surface area contributed by atoms with Crippen LogP contribution in [0.4, 0.5) is 0 Å². The lowest BCUT2D eigenvalue weighted by Gasteiger charge is -2.24. The van der Waals surface area contributed by atoms with E-state index in [9.17, 15) is 4.79 Å². The first-order valence-electron chi connectivity index (χ1n) is 5.61. The van der Waals surface area contributed by atoms with E-state index in [-0.39, 0.29) is 17.8 Å². The first kappa shape index (κ1) is 14.0. The van der Waals surface area contributed by atoms with Crippen molar-refractivity contribution in [3.8, 4) is 0 Å². The van der Waals surface area contributed by atoms with Crippen LogP contribution in [0, 0.1) is 6.92 Å². The molecule has 0 spiro atoms. The van der Waals surface area contributed by atoms with Crippen LogP contribution < -0.4 is 5.73 Å². The Morgan fingerprint density at radius 3 is 2.83 bits per heavy atom. The normalized spacial score (nSPS) is 13.2. The maximum absolute atomic E-state index is 12.2. The van der Waals surface area contributed by atoms with Crippen LogP contribution in [0.5, 0.6) is 0 Å². The van der Waals surface area contributed by atoms with Crippen LogP contribution in [0.2, 0.25) is 0 Å². The van der Waals surface area contributed by atoms with Crippen LogP contribution in [0.15, 0.2) is 23.6 Å². The van der Waals surface area contributed by atoms with Gasteiger partial charge < -0.3 is 15.8 Å². The number of aryl methyl sites for hydroxylation is 1. The molecule has 6 nitrogen and oxygen atoms in total. The molecule has 18 heavy (non-hydrogen) atoms. The van der Waals surface area contributed by atoms with Crippen molar-refractivity contribution >= 4 is 11.7 Å². The van der Waals surface area contributed by atoms with Crippen molar-refractivity contribution in [2.24, 2.45) is 10.9 Å². The molecule has 0 aliphatic heterocycles. The van der Waals surface area contributed by atoms with Crippen LogP contribution in [0.3, 0.4) is 0 Å². The number of carbonyl (C=O) groups is 1. The van der Waals surface area contributed by atoms with E-state index in [1.807, 2.05) is 13.8 Å². The summed E-state index contributed by atoms with van der Waals surface area (Å²) in [5.41, 5.74) is 6.88. The van der Waals surface area contributed by atoms with Crippen LogP contribution in [-0.4, -0.2) is 39.9 Å². The summed E-state index contributed by atoms with van der Waals surface area (Å²) in [4.78, 5) is 17.7. The highest BCUT2D eigenvalue weighted by Gasteiger charge is 2.18. The van der Waals surface area contributed by atoms with Gasteiger partial charge in [-0.1, -0.05) is 5.16 Å². The summed E-state index contributed by atoms with van der Waals surface area (Å²) in [6.45, 7) is 3.71. The van der Waals surface area contributed by atoms with Gasteiger partial charge in [0.05, 0.1) is 5.56 Å². The van der Waals surface area contributed by atoms with E-state index in [0.29, 0.717) is 12.0 Å². The topological polar surface area (TPSA) is 91.8 Å². The van der Waals surface area contributed by atoms with Gasteiger partial charge >= 0.3 is 0 Å². The molecule has 0 aromatic carbocycles. The maximum atomic E-state index is 12.2. The number of nitrogens with zero attached hydrogens (tertiary/aromatic N) is 3. The Morgan fingerprint density at radius 2 is 2.28 bits per heavy atom. The molecule has 1 aromatic heterocycles. The zero-order valence-corrected chi connectivity index (χ0v) is 10.8. The highest BCUT2D eigenvalue weighted by molar-refractivity contribution is 5.94. The molecule has 0 saturated carbocycles. The lowest BCUT2D eigenvalue weighted by molar-refractivity contribution is 0.0746. The van der Waals surface area contributed by atoms with Crippen LogP contribution in [0.25, 0.3) is 0 Å². The molecule has 0 aliphatic carbocycles. The van der Waals surface area contributed by atoms with Gasteiger partial charge in [0.15, 0.2) is 0 Å². The second kappa shape index (κ2) is 6.00. The van der Waals surface area contributed by atoms with Gasteiger partial charge in [0.25, 0.3) is 5.91 Å². The zero-order valence-electron chi connectivity index (χ0n) is 10.8. The summed E-state index contributed by atoms with van der Waals surface area (Å²) in [6.07, 6.45) is 3.54. The van der Waals surface area contributed by atoms with E-state index in [4.69, 9.17) is 10.9 Å². The quantitative estimate of drug-likeness (QED) is 0.361. The molecule has 1 atom stereocenters. The zero-order chi connectivity index (χ0) is 13.7. The number of carbonyl (C=O) groups excluding carboxylic acids is 1. The Labute approximate surface area is 106 Å². The van der Waals surface area contributed by atoms with Crippen molar-refractivity contribution in [3.05, 3.63) is 29.6 Å². The minimum atomic E-state index is -0.158. The minimum Gasteiger partial charge on any atom is -0.409 e. The molecule has 1 amide bonds. The van der Waals surface area contributed by atoms with E-state index in [1.54, 1.807) is 24.2 Å². The van der Waals surface area contributed by atoms with Crippen LogP contribution >= 0.6 is 0 Å². The van der Waals surface area contributed by atoms with Gasteiger partial charge in [0.2, 0.25) is 0 Å². The fourth-order valence-electron chi connectivity index (χ4n) is 1.56. The first-order valence-corrected chi connectivity index (χ1v) is 5.61. The van der Waals surface area contributed by atoms with E-state index in [0.717, 1.165) is 5.56 Å². The number of pyridine rings is 1. The third-order valence-corrected chi connectivity index (χ3v) is 2.74. The minimum absolute atomic E-state index is 0.101. The summed E-state index contributed by atoms with van der Waals surface area (Å²) in [7, 11) is 1.68. The van der Waals surface area contributed by atoms with Crippen LogP contribution in [-0.2, 0) is 0 Å². The summed E-state index contributed by atoms with van der Waals surface area (Å²) in [6, 6.07) is 1.62. The molecule has 0 saturated heterocycles. The average molecular weight is 250 g/mol. The van der Waals surface area contributed by atoms with Crippen molar-refractivity contribution in [1.29, 1.82) is 0 Å². The molecule has 98 valence electrons. The van der Waals surface area contributed by atoms with Gasteiger partial charge in [0.1, 0.15) is 5.84 Å². The second-order valence-corrected chi connectivity index (χ2v) is 4.31. The third kappa shape index (κ3) is 3.44. The van der Waals surface area contributed by atoms with Crippen molar-refractivity contribution in [1.82, 2.24) is 9.88 Å². The number of hydrogen-bond donors (Lipinski definition) is 2. The highest BCUT2D eigenvalue weighted by Crippen LogP contribution is 2.09. The number of amides is 1. The summed E-state index contributed by atoms with van der Waals surface area (Å²) in [5, 5.41) is 11.4. The number of amidine groups is 1. The molecular formula is C12H18N4O2. The molecular weight excluding hydrogens is 232 g/mol. The fourth-order valence-corrected chi connectivity index (χ4v) is 1.56.